The van der Waals surface area contributed by atoms with Crippen molar-refractivity contribution in [1.82, 2.24) is 4.98 Å². The highest BCUT2D eigenvalue weighted by atomic mass is 35.5. The molecule has 0 saturated carbocycles. The monoisotopic (exact) mass is 428 g/mol. The van der Waals surface area contributed by atoms with Crippen molar-refractivity contribution in [3.05, 3.63) is 53.3 Å². The lowest BCUT2D eigenvalue weighted by molar-refractivity contribution is 0.262. The van der Waals surface area contributed by atoms with Gasteiger partial charge in [-0.1, -0.05) is 11.6 Å². The van der Waals surface area contributed by atoms with Crippen LogP contribution in [0.15, 0.2) is 42.5 Å². The Balaban J connectivity index is 1.53. The molecule has 3 aromatic rings. The van der Waals surface area contributed by atoms with E-state index in [4.69, 9.17) is 16.3 Å². The van der Waals surface area contributed by atoms with Crippen LogP contribution < -0.4 is 20.3 Å². The second kappa shape index (κ2) is 8.75. The fraction of sp³-hybridized carbons (Fsp3) is 0.273. The van der Waals surface area contributed by atoms with E-state index in [-0.39, 0.29) is 0 Å². The van der Waals surface area contributed by atoms with Gasteiger partial charge in [-0.05, 0) is 61.7 Å². The summed E-state index contributed by atoms with van der Waals surface area (Å²) in [5, 5.41) is 6.39. The van der Waals surface area contributed by atoms with Crippen LogP contribution >= 0.6 is 11.6 Å². The first-order valence-electron chi connectivity index (χ1n) is 9.80. The number of carbonyl (C=O) groups is 1. The molecule has 2 aromatic carbocycles. The quantitative estimate of drug-likeness (QED) is 0.561. The maximum absolute atomic E-state index is 14.8. The van der Waals surface area contributed by atoms with Crippen molar-refractivity contribution in [2.24, 2.45) is 0 Å². The Bertz CT molecular complexity index is 1090. The molecule has 1 saturated heterocycles. The number of benzene rings is 2. The van der Waals surface area contributed by atoms with E-state index in [2.05, 4.69) is 20.5 Å². The van der Waals surface area contributed by atoms with Gasteiger partial charge in [0.05, 0.1) is 12.8 Å². The number of methoxy groups -OCH3 is 1. The molecule has 0 atom stereocenters. The number of amides is 2. The van der Waals surface area contributed by atoms with Gasteiger partial charge in [0.15, 0.2) is 5.82 Å². The molecule has 0 aliphatic carbocycles. The van der Waals surface area contributed by atoms with Crippen LogP contribution in [0.3, 0.4) is 0 Å². The van der Waals surface area contributed by atoms with E-state index in [9.17, 15) is 9.18 Å². The molecule has 156 valence electrons. The number of nitrogens with zero attached hydrogens (tertiary/aromatic N) is 2. The summed E-state index contributed by atoms with van der Waals surface area (Å²) in [7, 11) is 1.50. The fourth-order valence-corrected chi connectivity index (χ4v) is 3.79. The zero-order chi connectivity index (χ0) is 21.1. The molecule has 1 aromatic heterocycles. The second-order valence-electron chi connectivity index (χ2n) is 7.17. The van der Waals surface area contributed by atoms with Crippen LogP contribution in [0.5, 0.6) is 5.75 Å². The maximum Gasteiger partial charge on any atom is 0.323 e. The number of aromatic nitrogens is 1. The Morgan fingerprint density at radius 1 is 1.10 bits per heavy atom. The van der Waals surface area contributed by atoms with E-state index in [0.717, 1.165) is 31.7 Å². The molecular weight excluding hydrogens is 407 g/mol. The summed E-state index contributed by atoms with van der Waals surface area (Å²) in [6.07, 6.45) is 3.46. The average molecular weight is 429 g/mol. The van der Waals surface area contributed by atoms with Gasteiger partial charge in [-0.3, -0.25) is 0 Å². The van der Waals surface area contributed by atoms with Gasteiger partial charge in [-0.15, -0.1) is 0 Å². The zero-order valence-electron chi connectivity index (χ0n) is 16.5. The molecule has 1 fully saturated rings. The summed E-state index contributed by atoms with van der Waals surface area (Å²) >= 11 is 5.99. The molecule has 0 unspecified atom stereocenters. The van der Waals surface area contributed by atoms with Gasteiger partial charge in [-0.2, -0.15) is 0 Å². The molecule has 2 amide bonds. The summed E-state index contributed by atoms with van der Waals surface area (Å²) in [5.74, 6) is 0.767. The van der Waals surface area contributed by atoms with Gasteiger partial charge in [-0.25, -0.2) is 14.2 Å². The summed E-state index contributed by atoms with van der Waals surface area (Å²) < 4.78 is 20.0. The number of urea groups is 1. The first-order chi connectivity index (χ1) is 14.5. The molecule has 0 bridgehead atoms. The minimum absolute atomic E-state index is 0.292. The lowest BCUT2D eigenvalue weighted by Gasteiger charge is -2.27. The van der Waals surface area contributed by atoms with Crippen LogP contribution in [0.25, 0.3) is 10.9 Å². The molecule has 1 aliphatic rings. The Kier molecular flexibility index (Phi) is 5.90. The highest BCUT2D eigenvalue weighted by molar-refractivity contribution is 6.31. The number of hydrogen-bond acceptors (Lipinski definition) is 4. The van der Waals surface area contributed by atoms with Gasteiger partial charge in [0.1, 0.15) is 17.1 Å². The number of ether oxygens (including phenoxy) is 1. The molecular formula is C22H22ClFN4O2. The van der Waals surface area contributed by atoms with Crippen molar-refractivity contribution in [3.63, 3.8) is 0 Å². The van der Waals surface area contributed by atoms with E-state index >= 15 is 0 Å². The molecule has 30 heavy (non-hydrogen) atoms. The minimum atomic E-state index is -0.535. The molecule has 2 N–H and O–H groups in total. The Labute approximate surface area is 179 Å². The first kappa shape index (κ1) is 20.2. The van der Waals surface area contributed by atoms with Crippen LogP contribution in [0, 0.1) is 5.82 Å². The number of carbonyl (C=O) groups excluding carboxylic acids is 1. The average Bonchev–Trinajstić information content (AvgIpc) is 2.74. The molecule has 0 spiro atoms. The second-order valence-corrected chi connectivity index (χ2v) is 7.61. The highest BCUT2D eigenvalue weighted by Gasteiger charge is 2.15. The molecule has 4 rings (SSSR count). The Hall–Kier alpha value is -3.06. The lowest BCUT2D eigenvalue weighted by Crippen LogP contribution is -2.30. The standard InChI is InChI=1S/C22H22ClFN4O2/c1-30-19-7-6-15(23)12-18(19)26-22(29)25-16-11-14-5-8-20(27-21(14)17(24)13-16)28-9-3-2-4-10-28/h5-8,11-13H,2-4,9-10H2,1H3,(H2,25,26,29). The van der Waals surface area contributed by atoms with Crippen molar-refractivity contribution >= 4 is 45.7 Å². The zero-order valence-corrected chi connectivity index (χ0v) is 17.3. The smallest absolute Gasteiger partial charge is 0.323 e. The van der Waals surface area contributed by atoms with E-state index in [0.29, 0.717) is 33.0 Å². The van der Waals surface area contributed by atoms with Gasteiger partial charge >= 0.3 is 6.03 Å². The van der Waals surface area contributed by atoms with Crippen LogP contribution in [-0.2, 0) is 0 Å². The number of fused-ring (bicyclic) bond motifs is 1. The van der Waals surface area contributed by atoms with Crippen molar-refractivity contribution in [2.75, 3.05) is 35.7 Å². The van der Waals surface area contributed by atoms with E-state index < -0.39 is 11.8 Å². The molecule has 1 aliphatic heterocycles. The van der Waals surface area contributed by atoms with Crippen LogP contribution in [0.1, 0.15) is 19.3 Å². The van der Waals surface area contributed by atoms with Crippen molar-refractivity contribution in [1.29, 1.82) is 0 Å². The normalized spacial score (nSPS) is 13.9. The number of anilines is 3. The van der Waals surface area contributed by atoms with Crippen LogP contribution in [-0.4, -0.2) is 31.2 Å². The third-order valence-corrected chi connectivity index (χ3v) is 5.31. The number of piperidine rings is 1. The third kappa shape index (κ3) is 4.41. The molecule has 0 radical (unpaired) electrons. The van der Waals surface area contributed by atoms with E-state index in [1.54, 1.807) is 24.3 Å². The van der Waals surface area contributed by atoms with E-state index in [1.807, 2.05) is 12.1 Å². The maximum atomic E-state index is 14.8. The SMILES string of the molecule is COc1ccc(Cl)cc1NC(=O)Nc1cc(F)c2nc(N3CCCCC3)ccc2c1. The third-order valence-electron chi connectivity index (χ3n) is 5.08. The number of nitrogens with one attached hydrogen (secondary N) is 2. The van der Waals surface area contributed by atoms with Gasteiger partial charge in [0.2, 0.25) is 0 Å². The lowest BCUT2D eigenvalue weighted by atomic mass is 10.1. The van der Waals surface area contributed by atoms with Crippen LogP contribution in [0.4, 0.5) is 26.4 Å². The minimum Gasteiger partial charge on any atom is -0.495 e. The number of halogens is 2. The summed E-state index contributed by atoms with van der Waals surface area (Å²) in [5.41, 5.74) is 1.03. The van der Waals surface area contributed by atoms with Crippen molar-refractivity contribution < 1.29 is 13.9 Å². The Morgan fingerprint density at radius 2 is 1.90 bits per heavy atom. The number of rotatable bonds is 4. The molecule has 6 nitrogen and oxygen atoms in total. The molecule has 8 heteroatoms. The fourth-order valence-electron chi connectivity index (χ4n) is 3.62. The van der Waals surface area contributed by atoms with Crippen molar-refractivity contribution in [3.8, 4) is 5.75 Å². The van der Waals surface area contributed by atoms with Crippen molar-refractivity contribution in [2.45, 2.75) is 19.3 Å². The number of pyridine rings is 1. The largest absolute Gasteiger partial charge is 0.495 e. The predicted octanol–water partition coefficient (Wildman–Crippen LogP) is 5.67. The topological polar surface area (TPSA) is 66.5 Å². The summed E-state index contributed by atoms with van der Waals surface area (Å²) in [6, 6.07) is 11.0. The van der Waals surface area contributed by atoms with Gasteiger partial charge in [0, 0.05) is 29.2 Å². The molecule has 2 heterocycles. The van der Waals surface area contributed by atoms with Gasteiger partial charge < -0.3 is 20.3 Å². The van der Waals surface area contributed by atoms with Gasteiger partial charge in [0.25, 0.3) is 0 Å². The predicted molar refractivity (Wildman–Crippen MR) is 118 cm³/mol. The highest BCUT2D eigenvalue weighted by Crippen LogP contribution is 2.29. The summed E-state index contributed by atoms with van der Waals surface area (Å²) in [4.78, 5) is 19.1. The number of hydrogen-bond donors (Lipinski definition) is 2. The Morgan fingerprint density at radius 3 is 2.67 bits per heavy atom. The van der Waals surface area contributed by atoms with Crippen LogP contribution in [0.2, 0.25) is 5.02 Å². The van der Waals surface area contributed by atoms with E-state index in [1.165, 1.54) is 19.6 Å². The summed E-state index contributed by atoms with van der Waals surface area (Å²) in [6.45, 7) is 1.87. The first-order valence-corrected chi connectivity index (χ1v) is 10.2.